The molecule has 3 aliphatic rings. The molecule has 1 heterocycles. The van der Waals surface area contributed by atoms with Gasteiger partial charge in [0.15, 0.2) is 11.5 Å². The number of hydrogen-bond donors (Lipinski definition) is 2. The summed E-state index contributed by atoms with van der Waals surface area (Å²) in [6.45, 7) is 0. The van der Waals surface area contributed by atoms with Crippen LogP contribution in [0.25, 0.3) is 0 Å². The molecule has 0 radical (unpaired) electrons. The van der Waals surface area contributed by atoms with Crippen LogP contribution in [0, 0.1) is 0 Å². The minimum atomic E-state index is -0.289. The van der Waals surface area contributed by atoms with Gasteiger partial charge in [-0.2, -0.15) is 0 Å². The molecule has 0 saturated heterocycles. The molecule has 34 heavy (non-hydrogen) atoms. The van der Waals surface area contributed by atoms with E-state index in [2.05, 4.69) is 37.6 Å². The molecule has 1 aromatic carbocycles. The van der Waals surface area contributed by atoms with Crippen molar-refractivity contribution < 1.29 is 9.59 Å². The lowest BCUT2D eigenvalue weighted by Gasteiger charge is -2.41. The van der Waals surface area contributed by atoms with Gasteiger partial charge in [0, 0.05) is 30.5 Å². The van der Waals surface area contributed by atoms with Gasteiger partial charge in [-0.3, -0.25) is 10.1 Å². The van der Waals surface area contributed by atoms with Gasteiger partial charge in [-0.1, -0.05) is 62.8 Å². The predicted molar refractivity (Wildman–Crippen MR) is 132 cm³/mol. The number of aromatic nitrogens is 2. The van der Waals surface area contributed by atoms with E-state index in [1.165, 1.54) is 62.0 Å². The fraction of sp³-hybridized carbons (Fsp3) is 0.556. The van der Waals surface area contributed by atoms with E-state index in [4.69, 9.17) is 0 Å². The van der Waals surface area contributed by atoms with Crippen LogP contribution in [0.4, 0.5) is 10.6 Å². The lowest BCUT2D eigenvalue weighted by Crippen LogP contribution is -2.50. The largest absolute Gasteiger partial charge is 0.347 e. The molecule has 1 aromatic heterocycles. The molecule has 0 spiro atoms. The maximum atomic E-state index is 13.6. The highest BCUT2D eigenvalue weighted by molar-refractivity contribution is 6.01. The van der Waals surface area contributed by atoms with E-state index >= 15 is 0 Å². The lowest BCUT2D eigenvalue weighted by molar-refractivity contribution is 0.0934. The summed E-state index contributed by atoms with van der Waals surface area (Å²) < 4.78 is 0. The fourth-order valence-electron chi connectivity index (χ4n) is 6.02. The number of urea groups is 1. The topological polar surface area (TPSA) is 87.2 Å². The summed E-state index contributed by atoms with van der Waals surface area (Å²) in [5.41, 5.74) is 2.73. The minimum absolute atomic E-state index is 0.0245. The van der Waals surface area contributed by atoms with Gasteiger partial charge < -0.3 is 10.2 Å². The maximum absolute atomic E-state index is 13.6. The number of carbonyl (C=O) groups is 2. The number of benzene rings is 1. The Labute approximate surface area is 201 Å². The Morgan fingerprint density at radius 3 is 1.94 bits per heavy atom. The summed E-state index contributed by atoms with van der Waals surface area (Å²) in [6.07, 6.45) is 16.0. The first kappa shape index (κ1) is 22.8. The maximum Gasteiger partial charge on any atom is 0.323 e. The first-order valence-corrected chi connectivity index (χ1v) is 13.0. The third kappa shape index (κ3) is 5.08. The molecule has 0 unspecified atom stereocenters. The molecule has 3 amide bonds. The SMILES string of the molecule is O=C(NC1Cc2ccccc2C1)c1nccnc1NC(=O)N(C1CCCCC1)C1CCCCC1. The fourth-order valence-corrected chi connectivity index (χ4v) is 6.02. The van der Waals surface area contributed by atoms with Crippen LogP contribution in [-0.4, -0.2) is 44.9 Å². The summed E-state index contributed by atoms with van der Waals surface area (Å²) in [5.74, 6) is -0.0415. The van der Waals surface area contributed by atoms with E-state index in [1.807, 2.05) is 12.1 Å². The minimum Gasteiger partial charge on any atom is -0.347 e. The molecular weight excluding hydrogens is 426 g/mol. The second kappa shape index (κ2) is 10.5. The Bertz CT molecular complexity index is 971. The summed E-state index contributed by atoms with van der Waals surface area (Å²) in [6, 6.07) is 8.71. The summed E-state index contributed by atoms with van der Waals surface area (Å²) in [7, 11) is 0. The Balaban J connectivity index is 1.30. The number of carbonyl (C=O) groups excluding carboxylic acids is 2. The zero-order valence-corrected chi connectivity index (χ0v) is 19.8. The van der Waals surface area contributed by atoms with Crippen molar-refractivity contribution in [3.05, 3.63) is 53.5 Å². The van der Waals surface area contributed by atoms with E-state index in [0.717, 1.165) is 38.5 Å². The Morgan fingerprint density at radius 2 is 1.35 bits per heavy atom. The average Bonchev–Trinajstić information content (AvgIpc) is 3.28. The first-order valence-electron chi connectivity index (χ1n) is 13.0. The molecule has 0 bridgehead atoms. The Morgan fingerprint density at radius 1 is 0.794 bits per heavy atom. The molecule has 180 valence electrons. The van der Waals surface area contributed by atoms with Gasteiger partial charge in [0.05, 0.1) is 0 Å². The van der Waals surface area contributed by atoms with Crippen molar-refractivity contribution in [2.45, 2.75) is 95.2 Å². The summed E-state index contributed by atoms with van der Waals surface area (Å²) >= 11 is 0. The molecule has 5 rings (SSSR count). The number of nitrogens with zero attached hydrogens (tertiary/aromatic N) is 3. The number of hydrogen-bond acceptors (Lipinski definition) is 4. The van der Waals surface area contributed by atoms with Crippen molar-refractivity contribution in [2.24, 2.45) is 0 Å². The molecule has 2 aromatic rings. The van der Waals surface area contributed by atoms with Crippen LogP contribution in [0.1, 0.15) is 85.8 Å². The molecule has 2 saturated carbocycles. The second-order valence-corrected chi connectivity index (χ2v) is 10.0. The molecule has 0 atom stereocenters. The van der Waals surface area contributed by atoms with Gasteiger partial charge >= 0.3 is 6.03 Å². The van der Waals surface area contributed by atoms with E-state index in [9.17, 15) is 9.59 Å². The van der Waals surface area contributed by atoms with E-state index in [0.29, 0.717) is 0 Å². The van der Waals surface area contributed by atoms with Gasteiger partial charge in [0.1, 0.15) is 0 Å². The van der Waals surface area contributed by atoms with Crippen LogP contribution in [0.3, 0.4) is 0 Å². The van der Waals surface area contributed by atoms with Crippen LogP contribution >= 0.6 is 0 Å². The number of anilines is 1. The summed E-state index contributed by atoms with van der Waals surface area (Å²) in [5, 5.41) is 6.09. The predicted octanol–water partition coefficient (Wildman–Crippen LogP) is 4.87. The van der Waals surface area contributed by atoms with Crippen LogP contribution in [0.2, 0.25) is 0 Å². The van der Waals surface area contributed by atoms with Crippen molar-refractivity contribution in [3.63, 3.8) is 0 Å². The van der Waals surface area contributed by atoms with Gasteiger partial charge in [-0.05, 0) is 49.7 Å². The zero-order chi connectivity index (χ0) is 23.3. The van der Waals surface area contributed by atoms with Crippen molar-refractivity contribution in [2.75, 3.05) is 5.32 Å². The highest BCUT2D eigenvalue weighted by Gasteiger charge is 2.33. The van der Waals surface area contributed by atoms with Crippen molar-refractivity contribution in [1.82, 2.24) is 20.2 Å². The highest BCUT2D eigenvalue weighted by atomic mass is 16.2. The standard InChI is InChI=1S/C27H35N5O2/c33-26(30-21-17-19-9-7-8-10-20(19)18-21)24-25(29-16-15-28-24)31-27(34)32(22-11-3-1-4-12-22)23-13-5-2-6-14-23/h7-10,15-16,21-23H,1-6,11-14,17-18H2,(H,30,33)(H,29,31,34). The monoisotopic (exact) mass is 461 g/mol. The van der Waals surface area contributed by atoms with Crippen LogP contribution in [-0.2, 0) is 12.8 Å². The smallest absolute Gasteiger partial charge is 0.323 e. The van der Waals surface area contributed by atoms with Crippen molar-refractivity contribution >= 4 is 17.8 Å². The van der Waals surface area contributed by atoms with Gasteiger partial charge in [0.2, 0.25) is 0 Å². The van der Waals surface area contributed by atoms with Crippen molar-refractivity contribution in [1.29, 1.82) is 0 Å². The van der Waals surface area contributed by atoms with E-state index < -0.39 is 0 Å². The van der Waals surface area contributed by atoms with Gasteiger partial charge in [-0.25, -0.2) is 14.8 Å². The molecule has 7 nitrogen and oxygen atoms in total. The van der Waals surface area contributed by atoms with Crippen LogP contribution in [0.5, 0.6) is 0 Å². The first-order chi connectivity index (χ1) is 16.7. The molecular formula is C27H35N5O2. The normalized spacial score (nSPS) is 19.4. The Kier molecular flexibility index (Phi) is 7.07. The summed E-state index contributed by atoms with van der Waals surface area (Å²) in [4.78, 5) is 37.5. The van der Waals surface area contributed by atoms with E-state index in [1.54, 1.807) is 0 Å². The average molecular weight is 462 g/mol. The molecule has 7 heteroatoms. The molecule has 2 fully saturated rings. The van der Waals surface area contributed by atoms with E-state index in [-0.39, 0.29) is 41.6 Å². The van der Waals surface area contributed by atoms with Gasteiger partial charge in [-0.15, -0.1) is 0 Å². The molecule has 0 aliphatic heterocycles. The quantitative estimate of drug-likeness (QED) is 0.665. The third-order valence-corrected chi connectivity index (χ3v) is 7.70. The highest BCUT2D eigenvalue weighted by Crippen LogP contribution is 2.31. The van der Waals surface area contributed by atoms with Gasteiger partial charge in [0.25, 0.3) is 5.91 Å². The number of amides is 3. The van der Waals surface area contributed by atoms with Crippen molar-refractivity contribution in [3.8, 4) is 0 Å². The molecule has 2 N–H and O–H groups in total. The van der Waals surface area contributed by atoms with Crippen LogP contribution < -0.4 is 10.6 Å². The molecule has 3 aliphatic carbocycles. The lowest BCUT2D eigenvalue weighted by atomic mass is 9.89. The van der Waals surface area contributed by atoms with Crippen LogP contribution in [0.15, 0.2) is 36.7 Å². The number of fused-ring (bicyclic) bond motifs is 1. The number of nitrogens with one attached hydrogen (secondary N) is 2. The zero-order valence-electron chi connectivity index (χ0n) is 19.8. The second-order valence-electron chi connectivity index (χ2n) is 10.0. The Hall–Kier alpha value is -2.96. The number of rotatable bonds is 5. The third-order valence-electron chi connectivity index (χ3n) is 7.70.